The van der Waals surface area contributed by atoms with Crippen LogP contribution in [0.4, 0.5) is 0 Å². The van der Waals surface area contributed by atoms with E-state index >= 15 is 0 Å². The average molecular weight is 261 g/mol. The number of hydrogen-bond donors (Lipinski definition) is 1. The summed E-state index contributed by atoms with van der Waals surface area (Å²) in [5.41, 5.74) is 7.35. The van der Waals surface area contributed by atoms with Crippen molar-refractivity contribution in [3.05, 3.63) is 30.1 Å². The van der Waals surface area contributed by atoms with E-state index < -0.39 is 0 Å². The van der Waals surface area contributed by atoms with Gasteiger partial charge >= 0.3 is 0 Å². The molecule has 19 heavy (non-hydrogen) atoms. The predicted molar refractivity (Wildman–Crippen MR) is 75.4 cm³/mol. The summed E-state index contributed by atoms with van der Waals surface area (Å²) in [6.45, 7) is 5.14. The molecule has 1 saturated heterocycles. The first-order valence-electron chi connectivity index (χ1n) is 7.04. The Morgan fingerprint density at radius 1 is 1.42 bits per heavy atom. The quantitative estimate of drug-likeness (QED) is 0.903. The molecular weight excluding hydrogens is 238 g/mol. The third-order valence-corrected chi connectivity index (χ3v) is 3.75. The summed E-state index contributed by atoms with van der Waals surface area (Å²) < 4.78 is 0. The number of nitrogens with two attached hydrogens (primary N) is 1. The van der Waals surface area contributed by atoms with E-state index in [0.29, 0.717) is 12.3 Å². The fraction of sp³-hybridized carbons (Fsp3) is 0.600. The van der Waals surface area contributed by atoms with Gasteiger partial charge in [0, 0.05) is 31.4 Å². The maximum Gasteiger partial charge on any atom is 0.223 e. The van der Waals surface area contributed by atoms with Crippen LogP contribution in [-0.2, 0) is 4.79 Å². The molecule has 1 aliphatic heterocycles. The highest BCUT2D eigenvalue weighted by Crippen LogP contribution is 2.31. The van der Waals surface area contributed by atoms with Gasteiger partial charge in [-0.1, -0.05) is 13.8 Å². The number of nitrogens with zero attached hydrogens (tertiary/aromatic N) is 2. The van der Waals surface area contributed by atoms with Gasteiger partial charge in [-0.05, 0) is 36.5 Å². The molecule has 0 radical (unpaired) electrons. The van der Waals surface area contributed by atoms with E-state index in [1.165, 1.54) is 0 Å². The number of aromatic nitrogens is 1. The number of likely N-dealkylation sites (tertiary alicyclic amines) is 1. The van der Waals surface area contributed by atoms with Gasteiger partial charge in [0.25, 0.3) is 0 Å². The molecule has 0 aromatic carbocycles. The molecule has 1 aromatic rings. The lowest BCUT2D eigenvalue weighted by molar-refractivity contribution is -0.137. The summed E-state index contributed by atoms with van der Waals surface area (Å²) in [7, 11) is 0. The van der Waals surface area contributed by atoms with Crippen LogP contribution in [0.2, 0.25) is 0 Å². The Labute approximate surface area is 115 Å². The minimum absolute atomic E-state index is 0.00278. The Bertz CT molecular complexity index is 419. The number of pyridine rings is 1. The Hall–Kier alpha value is -1.42. The summed E-state index contributed by atoms with van der Waals surface area (Å²) >= 11 is 0. The average Bonchev–Trinajstić information content (AvgIpc) is 2.40. The summed E-state index contributed by atoms with van der Waals surface area (Å²) in [5, 5.41) is 0. The first-order chi connectivity index (χ1) is 9.09. The van der Waals surface area contributed by atoms with E-state index in [9.17, 15) is 4.79 Å². The first kappa shape index (κ1) is 14.0. The highest BCUT2D eigenvalue weighted by atomic mass is 16.2. The summed E-state index contributed by atoms with van der Waals surface area (Å²) in [5.74, 6) is 0.813. The lowest BCUT2D eigenvalue weighted by Crippen LogP contribution is -2.49. The molecule has 1 fully saturated rings. The Kier molecular flexibility index (Phi) is 4.53. The zero-order chi connectivity index (χ0) is 13.8. The largest absolute Gasteiger partial charge is 0.334 e. The van der Waals surface area contributed by atoms with Gasteiger partial charge in [-0.25, -0.2) is 0 Å². The molecule has 2 N–H and O–H groups in total. The maximum atomic E-state index is 12.2. The van der Waals surface area contributed by atoms with Crippen LogP contribution >= 0.6 is 0 Å². The molecule has 2 heterocycles. The lowest BCUT2D eigenvalue weighted by Gasteiger charge is -2.40. The molecule has 104 valence electrons. The van der Waals surface area contributed by atoms with Crippen molar-refractivity contribution in [2.45, 2.75) is 45.2 Å². The zero-order valence-corrected chi connectivity index (χ0v) is 11.7. The van der Waals surface area contributed by atoms with Crippen molar-refractivity contribution in [2.75, 3.05) is 6.54 Å². The van der Waals surface area contributed by atoms with Crippen LogP contribution in [0.25, 0.3) is 0 Å². The monoisotopic (exact) mass is 261 g/mol. The second-order valence-electron chi connectivity index (χ2n) is 5.70. The highest BCUT2D eigenvalue weighted by Gasteiger charge is 2.34. The van der Waals surface area contributed by atoms with E-state index in [-0.39, 0.29) is 18.0 Å². The normalized spacial score (nSPS) is 24.0. The topological polar surface area (TPSA) is 59.2 Å². The standard InChI is InChI=1S/C15H23N3O/c1-11(2)7-10-18-14(19)4-3-13(16)15(18)12-5-8-17-9-6-12/h5-6,8-9,11,13,15H,3-4,7,10,16H2,1-2H3. The molecule has 2 atom stereocenters. The molecular formula is C15H23N3O. The van der Waals surface area contributed by atoms with Gasteiger partial charge in [-0.15, -0.1) is 0 Å². The molecule has 2 unspecified atom stereocenters. The molecule has 1 amide bonds. The third kappa shape index (κ3) is 3.32. The number of carbonyl (C=O) groups excluding carboxylic acids is 1. The molecule has 4 heteroatoms. The molecule has 4 nitrogen and oxygen atoms in total. The van der Waals surface area contributed by atoms with Crippen molar-refractivity contribution >= 4 is 5.91 Å². The fourth-order valence-corrected chi connectivity index (χ4v) is 2.63. The number of hydrogen-bond acceptors (Lipinski definition) is 3. The van der Waals surface area contributed by atoms with Crippen LogP contribution in [0.1, 0.15) is 44.7 Å². The molecule has 0 bridgehead atoms. The van der Waals surface area contributed by atoms with E-state index in [4.69, 9.17) is 5.73 Å². The Morgan fingerprint density at radius 3 is 2.74 bits per heavy atom. The van der Waals surface area contributed by atoms with E-state index in [1.54, 1.807) is 12.4 Å². The van der Waals surface area contributed by atoms with Crippen LogP contribution in [0.15, 0.2) is 24.5 Å². The van der Waals surface area contributed by atoms with Crippen molar-refractivity contribution in [3.8, 4) is 0 Å². The molecule has 1 aliphatic rings. The Morgan fingerprint density at radius 2 is 2.11 bits per heavy atom. The van der Waals surface area contributed by atoms with E-state index in [2.05, 4.69) is 18.8 Å². The molecule has 2 rings (SSSR count). The van der Waals surface area contributed by atoms with Crippen molar-refractivity contribution in [3.63, 3.8) is 0 Å². The van der Waals surface area contributed by atoms with E-state index in [0.717, 1.165) is 24.9 Å². The van der Waals surface area contributed by atoms with Gasteiger partial charge in [-0.3, -0.25) is 9.78 Å². The third-order valence-electron chi connectivity index (χ3n) is 3.75. The van der Waals surface area contributed by atoms with Crippen LogP contribution in [-0.4, -0.2) is 28.4 Å². The van der Waals surface area contributed by atoms with Crippen molar-refractivity contribution in [1.29, 1.82) is 0 Å². The summed E-state index contributed by atoms with van der Waals surface area (Å²) in [6.07, 6.45) is 5.88. The summed E-state index contributed by atoms with van der Waals surface area (Å²) in [6, 6.07) is 3.95. The number of rotatable bonds is 4. The predicted octanol–water partition coefficient (Wildman–Crippen LogP) is 2.12. The van der Waals surface area contributed by atoms with Gasteiger partial charge in [0.1, 0.15) is 0 Å². The van der Waals surface area contributed by atoms with Gasteiger partial charge < -0.3 is 10.6 Å². The minimum Gasteiger partial charge on any atom is -0.334 e. The minimum atomic E-state index is 0.00278. The van der Waals surface area contributed by atoms with Crippen LogP contribution in [0, 0.1) is 5.92 Å². The molecule has 0 saturated carbocycles. The van der Waals surface area contributed by atoms with Crippen LogP contribution in [0.5, 0.6) is 0 Å². The van der Waals surface area contributed by atoms with Gasteiger partial charge in [0.05, 0.1) is 6.04 Å². The Balaban J connectivity index is 2.21. The lowest BCUT2D eigenvalue weighted by atomic mass is 9.90. The molecule has 1 aromatic heterocycles. The number of carbonyl (C=O) groups is 1. The molecule has 0 spiro atoms. The zero-order valence-electron chi connectivity index (χ0n) is 11.7. The molecule has 0 aliphatic carbocycles. The fourth-order valence-electron chi connectivity index (χ4n) is 2.63. The summed E-state index contributed by atoms with van der Waals surface area (Å²) in [4.78, 5) is 18.2. The van der Waals surface area contributed by atoms with Crippen LogP contribution < -0.4 is 5.73 Å². The van der Waals surface area contributed by atoms with Crippen LogP contribution in [0.3, 0.4) is 0 Å². The first-order valence-corrected chi connectivity index (χ1v) is 7.04. The highest BCUT2D eigenvalue weighted by molar-refractivity contribution is 5.78. The van der Waals surface area contributed by atoms with Gasteiger partial charge in [0.2, 0.25) is 5.91 Å². The second kappa shape index (κ2) is 6.15. The number of piperidine rings is 1. The van der Waals surface area contributed by atoms with Crippen molar-refractivity contribution in [1.82, 2.24) is 9.88 Å². The van der Waals surface area contributed by atoms with Gasteiger partial charge in [-0.2, -0.15) is 0 Å². The van der Waals surface area contributed by atoms with Crippen molar-refractivity contribution in [2.24, 2.45) is 11.7 Å². The second-order valence-corrected chi connectivity index (χ2v) is 5.70. The van der Waals surface area contributed by atoms with Crippen molar-refractivity contribution < 1.29 is 4.79 Å². The number of amides is 1. The van der Waals surface area contributed by atoms with E-state index in [1.807, 2.05) is 17.0 Å². The van der Waals surface area contributed by atoms with Gasteiger partial charge in [0.15, 0.2) is 0 Å². The smallest absolute Gasteiger partial charge is 0.223 e. The maximum absolute atomic E-state index is 12.2. The SMILES string of the molecule is CC(C)CCN1C(=O)CCC(N)C1c1ccncc1.